The molecule has 2 atom stereocenters. The molecular weight excluding hydrogens is 272 g/mol. The zero-order valence-electron chi connectivity index (χ0n) is 13.6. The number of carbonyl (C=O) groups is 1. The normalized spacial score (nSPS) is 30.8. The highest BCUT2D eigenvalue weighted by atomic mass is 16.2. The predicted octanol–water partition coefficient (Wildman–Crippen LogP) is 2.84. The minimum Gasteiger partial charge on any atom is -0.345 e. The molecule has 1 amide bonds. The molecule has 120 valence electrons. The van der Waals surface area contributed by atoms with Gasteiger partial charge in [-0.2, -0.15) is 0 Å². The van der Waals surface area contributed by atoms with Crippen LogP contribution in [0.15, 0.2) is 30.3 Å². The molecule has 2 bridgehead atoms. The van der Waals surface area contributed by atoms with Gasteiger partial charge in [0.05, 0.1) is 0 Å². The average molecular weight is 300 g/mol. The van der Waals surface area contributed by atoms with Crippen molar-refractivity contribution in [3.8, 4) is 0 Å². The summed E-state index contributed by atoms with van der Waals surface area (Å²) in [4.78, 5) is 14.7. The maximum Gasteiger partial charge on any atom is 0.225 e. The summed E-state index contributed by atoms with van der Waals surface area (Å²) in [5.74, 6) is 1.68. The Morgan fingerprint density at radius 2 is 1.82 bits per heavy atom. The Bertz CT molecular complexity index is 487. The number of fused-ring (bicyclic) bond motifs is 2. The summed E-state index contributed by atoms with van der Waals surface area (Å²) in [7, 11) is 1.95. The predicted molar refractivity (Wildman–Crippen MR) is 89.3 cm³/mol. The van der Waals surface area contributed by atoms with Gasteiger partial charge in [0.1, 0.15) is 0 Å². The summed E-state index contributed by atoms with van der Waals surface area (Å²) in [6.07, 6.45) is 6.68. The van der Waals surface area contributed by atoms with Crippen LogP contribution in [0.5, 0.6) is 0 Å². The third-order valence-corrected chi connectivity index (χ3v) is 5.72. The highest BCUT2D eigenvalue weighted by molar-refractivity contribution is 5.78. The SMILES string of the molecule is CN(CCc1ccccc1)C(=O)C1CC2CCCC(C1)C2N. The van der Waals surface area contributed by atoms with Crippen LogP contribution in [0, 0.1) is 17.8 Å². The van der Waals surface area contributed by atoms with Gasteiger partial charge in [-0.3, -0.25) is 4.79 Å². The maximum absolute atomic E-state index is 12.7. The molecule has 3 rings (SSSR count). The van der Waals surface area contributed by atoms with Crippen molar-refractivity contribution < 1.29 is 4.79 Å². The quantitative estimate of drug-likeness (QED) is 0.929. The van der Waals surface area contributed by atoms with Crippen LogP contribution in [-0.2, 0) is 11.2 Å². The molecule has 2 aliphatic rings. The number of hydrogen-bond donors (Lipinski definition) is 1. The van der Waals surface area contributed by atoms with Crippen molar-refractivity contribution >= 4 is 5.91 Å². The molecule has 3 nitrogen and oxygen atoms in total. The summed E-state index contributed by atoms with van der Waals surface area (Å²) in [6.45, 7) is 0.806. The molecule has 0 aliphatic heterocycles. The second-order valence-electron chi connectivity index (χ2n) is 7.19. The second kappa shape index (κ2) is 6.82. The molecule has 2 aliphatic carbocycles. The van der Waals surface area contributed by atoms with Crippen LogP contribution in [0.1, 0.15) is 37.7 Å². The van der Waals surface area contributed by atoms with Gasteiger partial charge in [0, 0.05) is 25.6 Å². The van der Waals surface area contributed by atoms with Crippen LogP contribution < -0.4 is 5.73 Å². The molecule has 0 radical (unpaired) electrons. The minimum absolute atomic E-state index is 0.205. The summed E-state index contributed by atoms with van der Waals surface area (Å²) in [5, 5.41) is 0. The zero-order valence-corrected chi connectivity index (χ0v) is 13.6. The molecule has 0 saturated heterocycles. The Labute approximate surface area is 133 Å². The lowest BCUT2D eigenvalue weighted by Crippen LogP contribution is -2.49. The van der Waals surface area contributed by atoms with Gasteiger partial charge in [0.15, 0.2) is 0 Å². The van der Waals surface area contributed by atoms with Crippen LogP contribution in [0.2, 0.25) is 0 Å². The van der Waals surface area contributed by atoms with Gasteiger partial charge in [0.25, 0.3) is 0 Å². The van der Waals surface area contributed by atoms with Gasteiger partial charge in [-0.1, -0.05) is 36.8 Å². The van der Waals surface area contributed by atoms with E-state index in [9.17, 15) is 4.79 Å². The molecule has 0 spiro atoms. The first-order chi connectivity index (χ1) is 10.6. The summed E-state index contributed by atoms with van der Waals surface area (Å²) in [5.41, 5.74) is 7.63. The molecule has 3 heteroatoms. The van der Waals surface area contributed by atoms with Crippen molar-refractivity contribution in [3.63, 3.8) is 0 Å². The van der Waals surface area contributed by atoms with Crippen molar-refractivity contribution in [1.82, 2.24) is 4.90 Å². The molecule has 1 aromatic carbocycles. The number of nitrogens with two attached hydrogens (primary N) is 1. The smallest absolute Gasteiger partial charge is 0.225 e. The van der Waals surface area contributed by atoms with Crippen molar-refractivity contribution in [2.45, 2.75) is 44.6 Å². The number of carbonyl (C=O) groups excluding carboxylic acids is 1. The van der Waals surface area contributed by atoms with Crippen LogP contribution in [0.3, 0.4) is 0 Å². The van der Waals surface area contributed by atoms with Crippen molar-refractivity contribution in [1.29, 1.82) is 0 Å². The Kier molecular flexibility index (Phi) is 4.82. The summed E-state index contributed by atoms with van der Waals surface area (Å²) in [6, 6.07) is 10.7. The highest BCUT2D eigenvalue weighted by Crippen LogP contribution is 2.42. The lowest BCUT2D eigenvalue weighted by atomic mass is 9.65. The standard InChI is InChI=1S/C19H28N2O/c1-21(11-10-14-6-3-2-4-7-14)19(22)17-12-15-8-5-9-16(13-17)18(15)20/h2-4,6-7,15-18H,5,8-13,20H2,1H3. The Morgan fingerprint density at radius 3 is 2.45 bits per heavy atom. The monoisotopic (exact) mass is 300 g/mol. The third-order valence-electron chi connectivity index (χ3n) is 5.72. The van der Waals surface area contributed by atoms with Crippen LogP contribution >= 0.6 is 0 Å². The first-order valence-electron chi connectivity index (χ1n) is 8.69. The van der Waals surface area contributed by atoms with E-state index in [2.05, 4.69) is 24.3 Å². The molecule has 2 unspecified atom stereocenters. The van der Waals surface area contributed by atoms with E-state index in [1.807, 2.05) is 18.0 Å². The van der Waals surface area contributed by atoms with E-state index in [-0.39, 0.29) is 5.92 Å². The molecule has 0 aromatic heterocycles. The number of benzene rings is 1. The third kappa shape index (κ3) is 3.35. The van der Waals surface area contributed by atoms with E-state index in [4.69, 9.17) is 5.73 Å². The molecule has 1 aromatic rings. The minimum atomic E-state index is 0.205. The van der Waals surface area contributed by atoms with Crippen LogP contribution in [0.25, 0.3) is 0 Å². The Balaban J connectivity index is 1.54. The second-order valence-corrected chi connectivity index (χ2v) is 7.19. The van der Waals surface area contributed by atoms with E-state index in [1.165, 1.54) is 24.8 Å². The van der Waals surface area contributed by atoms with Gasteiger partial charge in [-0.25, -0.2) is 0 Å². The number of likely N-dealkylation sites (N-methyl/N-ethyl adjacent to an activating group) is 1. The first kappa shape index (κ1) is 15.5. The maximum atomic E-state index is 12.7. The first-order valence-corrected chi connectivity index (χ1v) is 8.69. The van der Waals surface area contributed by atoms with Gasteiger partial charge < -0.3 is 10.6 Å². The van der Waals surface area contributed by atoms with Gasteiger partial charge in [-0.05, 0) is 49.5 Å². The van der Waals surface area contributed by atoms with E-state index in [1.54, 1.807) is 0 Å². The molecule has 22 heavy (non-hydrogen) atoms. The zero-order chi connectivity index (χ0) is 15.5. The summed E-state index contributed by atoms with van der Waals surface area (Å²) < 4.78 is 0. The largest absolute Gasteiger partial charge is 0.345 e. The van der Waals surface area contributed by atoms with Crippen molar-refractivity contribution in [3.05, 3.63) is 35.9 Å². The molecule has 2 N–H and O–H groups in total. The van der Waals surface area contributed by atoms with Gasteiger partial charge in [0.2, 0.25) is 5.91 Å². The Morgan fingerprint density at radius 1 is 1.18 bits per heavy atom. The number of rotatable bonds is 4. The molecule has 0 heterocycles. The van der Waals surface area contributed by atoms with E-state index >= 15 is 0 Å². The topological polar surface area (TPSA) is 46.3 Å². The van der Waals surface area contributed by atoms with Gasteiger partial charge in [-0.15, -0.1) is 0 Å². The number of nitrogens with zero attached hydrogens (tertiary/aromatic N) is 1. The lowest BCUT2D eigenvalue weighted by molar-refractivity contribution is -0.137. The fourth-order valence-electron chi connectivity index (χ4n) is 4.35. The highest BCUT2D eigenvalue weighted by Gasteiger charge is 2.41. The number of hydrogen-bond acceptors (Lipinski definition) is 2. The summed E-state index contributed by atoms with van der Waals surface area (Å²) >= 11 is 0. The lowest BCUT2D eigenvalue weighted by Gasteiger charge is -2.44. The van der Waals surface area contributed by atoms with Crippen molar-refractivity contribution in [2.75, 3.05) is 13.6 Å². The molecular formula is C19H28N2O. The number of amides is 1. The van der Waals surface area contributed by atoms with Gasteiger partial charge >= 0.3 is 0 Å². The average Bonchev–Trinajstić information content (AvgIpc) is 2.52. The van der Waals surface area contributed by atoms with E-state index in [0.717, 1.165) is 25.8 Å². The van der Waals surface area contributed by atoms with Crippen molar-refractivity contribution in [2.24, 2.45) is 23.5 Å². The Hall–Kier alpha value is -1.35. The van der Waals surface area contributed by atoms with E-state index in [0.29, 0.717) is 23.8 Å². The van der Waals surface area contributed by atoms with Crippen LogP contribution in [-0.4, -0.2) is 30.4 Å². The van der Waals surface area contributed by atoms with Crippen LogP contribution in [0.4, 0.5) is 0 Å². The molecule has 2 fully saturated rings. The fraction of sp³-hybridized carbons (Fsp3) is 0.632. The van der Waals surface area contributed by atoms with E-state index < -0.39 is 0 Å². The fourth-order valence-corrected chi connectivity index (χ4v) is 4.35. The molecule has 2 saturated carbocycles.